The van der Waals surface area contributed by atoms with Crippen molar-refractivity contribution in [3.05, 3.63) is 76.3 Å². The van der Waals surface area contributed by atoms with Crippen LogP contribution in [-0.4, -0.2) is 34.2 Å². The fraction of sp³-hybridized carbons (Fsp3) is 0.318. The van der Waals surface area contributed by atoms with E-state index in [-0.39, 0.29) is 6.10 Å². The van der Waals surface area contributed by atoms with Crippen LogP contribution in [0.2, 0.25) is 0 Å². The van der Waals surface area contributed by atoms with E-state index in [0.29, 0.717) is 4.77 Å². The maximum Gasteiger partial charge on any atom is 0.216 e. The van der Waals surface area contributed by atoms with Crippen molar-refractivity contribution in [2.45, 2.75) is 32.4 Å². The van der Waals surface area contributed by atoms with E-state index in [4.69, 9.17) is 17.0 Å². The van der Waals surface area contributed by atoms with Gasteiger partial charge in [0.2, 0.25) is 4.77 Å². The van der Waals surface area contributed by atoms with Crippen molar-refractivity contribution in [1.82, 2.24) is 14.9 Å². The first kappa shape index (κ1) is 19.5. The molecule has 150 valence electrons. The minimum atomic E-state index is -0.0430. The smallest absolute Gasteiger partial charge is 0.216 e. The van der Waals surface area contributed by atoms with Gasteiger partial charge in [0, 0.05) is 25.4 Å². The minimum absolute atomic E-state index is 0.0430. The molecule has 0 bridgehead atoms. The zero-order valence-corrected chi connectivity index (χ0v) is 17.3. The van der Waals surface area contributed by atoms with E-state index in [1.165, 1.54) is 11.3 Å². The number of nitrogens with one attached hydrogen (secondary N) is 1. The Balaban J connectivity index is 1.48. The summed E-state index contributed by atoms with van der Waals surface area (Å²) in [5.74, 6) is 0.736. The molecule has 2 aromatic carbocycles. The Kier molecular flexibility index (Phi) is 6.17. The van der Waals surface area contributed by atoms with Crippen molar-refractivity contribution in [3.63, 3.8) is 0 Å². The molecule has 1 saturated heterocycles. The summed E-state index contributed by atoms with van der Waals surface area (Å²) in [5.41, 5.74) is 3.50. The number of nitrogens with zero attached hydrogens (tertiary/aromatic N) is 4. The number of rotatable bonds is 7. The first-order valence-electron chi connectivity index (χ1n) is 9.97. The zero-order chi connectivity index (χ0) is 20.1. The standard InChI is InChI=1S/C22H25N5OS/c1-2-26(16-18-7-4-3-5-8-18)19-12-10-17(11-13-19)15-23-27-21(24-25-22(27)29)20-9-6-14-28-20/h3-5,7-8,10-13,15,20H,2,6,9,14,16H2,1H3,(H,25,29)/b23-15-. The maximum absolute atomic E-state index is 5.72. The molecule has 1 atom stereocenters. The first-order chi connectivity index (χ1) is 14.2. The first-order valence-corrected chi connectivity index (χ1v) is 10.4. The normalized spacial score (nSPS) is 16.5. The van der Waals surface area contributed by atoms with Crippen LogP contribution in [0.5, 0.6) is 0 Å². The van der Waals surface area contributed by atoms with Crippen LogP contribution in [0.25, 0.3) is 0 Å². The highest BCUT2D eigenvalue weighted by atomic mass is 32.1. The Morgan fingerprint density at radius 2 is 2.03 bits per heavy atom. The second-order valence-electron chi connectivity index (χ2n) is 7.04. The fourth-order valence-corrected chi connectivity index (χ4v) is 3.68. The Morgan fingerprint density at radius 1 is 1.24 bits per heavy atom. The molecule has 1 N–H and O–H groups in total. The molecule has 0 aliphatic carbocycles. The van der Waals surface area contributed by atoms with Gasteiger partial charge in [-0.2, -0.15) is 14.9 Å². The van der Waals surface area contributed by atoms with Gasteiger partial charge in [0.1, 0.15) is 6.10 Å². The van der Waals surface area contributed by atoms with E-state index in [2.05, 4.69) is 75.7 Å². The predicted molar refractivity (Wildman–Crippen MR) is 118 cm³/mol. The maximum atomic E-state index is 5.72. The van der Waals surface area contributed by atoms with Crippen LogP contribution < -0.4 is 4.90 Å². The summed E-state index contributed by atoms with van der Waals surface area (Å²) < 4.78 is 7.85. The molecule has 1 unspecified atom stereocenters. The number of benzene rings is 2. The highest BCUT2D eigenvalue weighted by Crippen LogP contribution is 2.27. The quantitative estimate of drug-likeness (QED) is 0.456. The lowest BCUT2D eigenvalue weighted by Crippen LogP contribution is -2.21. The van der Waals surface area contributed by atoms with Crippen molar-refractivity contribution < 1.29 is 4.74 Å². The molecular formula is C22H25N5OS. The van der Waals surface area contributed by atoms with Crippen molar-refractivity contribution in [1.29, 1.82) is 0 Å². The van der Waals surface area contributed by atoms with Crippen molar-refractivity contribution >= 4 is 24.1 Å². The van der Waals surface area contributed by atoms with Gasteiger partial charge in [0.15, 0.2) is 5.82 Å². The van der Waals surface area contributed by atoms with Gasteiger partial charge in [-0.3, -0.25) is 5.10 Å². The summed E-state index contributed by atoms with van der Waals surface area (Å²) in [5, 5.41) is 11.7. The summed E-state index contributed by atoms with van der Waals surface area (Å²) in [4.78, 5) is 2.35. The van der Waals surface area contributed by atoms with E-state index in [1.54, 1.807) is 10.9 Å². The van der Waals surface area contributed by atoms with E-state index >= 15 is 0 Å². The number of aromatic amines is 1. The molecular weight excluding hydrogens is 382 g/mol. The number of hydrogen-bond acceptors (Lipinski definition) is 5. The lowest BCUT2D eigenvalue weighted by Gasteiger charge is -2.23. The molecule has 1 fully saturated rings. The molecule has 1 aliphatic heterocycles. The van der Waals surface area contributed by atoms with Gasteiger partial charge < -0.3 is 9.64 Å². The fourth-order valence-electron chi connectivity index (χ4n) is 3.49. The van der Waals surface area contributed by atoms with Gasteiger partial charge in [-0.15, -0.1) is 0 Å². The molecule has 2 heterocycles. The number of ether oxygens (including phenoxy) is 1. The Labute approximate surface area is 175 Å². The van der Waals surface area contributed by atoms with Gasteiger partial charge >= 0.3 is 0 Å². The summed E-state index contributed by atoms with van der Waals surface area (Å²) in [6.07, 6.45) is 3.74. The van der Waals surface area contributed by atoms with Gasteiger partial charge in [-0.1, -0.05) is 42.5 Å². The van der Waals surface area contributed by atoms with Crippen molar-refractivity contribution in [3.8, 4) is 0 Å². The van der Waals surface area contributed by atoms with E-state index in [0.717, 1.165) is 43.9 Å². The molecule has 7 heteroatoms. The topological polar surface area (TPSA) is 58.4 Å². The summed E-state index contributed by atoms with van der Waals surface area (Å²) in [6, 6.07) is 18.9. The molecule has 0 spiro atoms. The third kappa shape index (κ3) is 4.63. The largest absolute Gasteiger partial charge is 0.370 e. The highest BCUT2D eigenvalue weighted by molar-refractivity contribution is 7.71. The lowest BCUT2D eigenvalue weighted by molar-refractivity contribution is 0.102. The number of anilines is 1. The molecule has 0 saturated carbocycles. The van der Waals surface area contributed by atoms with Gasteiger partial charge in [-0.25, -0.2) is 0 Å². The molecule has 0 radical (unpaired) electrons. The highest BCUT2D eigenvalue weighted by Gasteiger charge is 2.23. The Morgan fingerprint density at radius 3 is 2.72 bits per heavy atom. The van der Waals surface area contributed by atoms with Crippen molar-refractivity contribution in [2.75, 3.05) is 18.1 Å². The molecule has 6 nitrogen and oxygen atoms in total. The Hall–Kier alpha value is -2.77. The second kappa shape index (κ2) is 9.15. The van der Waals surface area contributed by atoms with Crippen LogP contribution >= 0.6 is 12.2 Å². The summed E-state index contributed by atoms with van der Waals surface area (Å²) in [6.45, 7) is 4.76. The molecule has 3 aromatic rings. The monoisotopic (exact) mass is 407 g/mol. The minimum Gasteiger partial charge on any atom is -0.370 e. The molecule has 1 aliphatic rings. The Bertz CT molecular complexity index is 1000. The molecule has 29 heavy (non-hydrogen) atoms. The van der Waals surface area contributed by atoms with Crippen LogP contribution in [0.15, 0.2) is 59.7 Å². The number of hydrogen-bond donors (Lipinski definition) is 1. The number of aromatic nitrogens is 3. The van der Waals surface area contributed by atoms with E-state index in [9.17, 15) is 0 Å². The third-order valence-corrected chi connectivity index (χ3v) is 5.34. The van der Waals surface area contributed by atoms with Gasteiger partial charge in [0.25, 0.3) is 0 Å². The van der Waals surface area contributed by atoms with E-state index < -0.39 is 0 Å². The SMILES string of the molecule is CCN(Cc1ccccc1)c1ccc(/C=N\n2c(C3CCCO3)n[nH]c2=S)cc1. The predicted octanol–water partition coefficient (Wildman–Crippen LogP) is 4.70. The van der Waals surface area contributed by atoms with Gasteiger partial charge in [0.05, 0.1) is 6.21 Å². The van der Waals surface area contributed by atoms with E-state index in [1.807, 2.05) is 6.07 Å². The molecule has 0 amide bonds. The lowest BCUT2D eigenvalue weighted by atomic mass is 10.1. The van der Waals surface area contributed by atoms with Gasteiger partial charge in [-0.05, 0) is 55.2 Å². The average Bonchev–Trinajstić information content (AvgIpc) is 3.41. The van der Waals surface area contributed by atoms with Crippen LogP contribution in [-0.2, 0) is 11.3 Å². The van der Waals surface area contributed by atoms with Crippen LogP contribution in [0, 0.1) is 4.77 Å². The number of H-pyrrole nitrogens is 1. The zero-order valence-electron chi connectivity index (χ0n) is 16.5. The summed E-state index contributed by atoms with van der Waals surface area (Å²) >= 11 is 5.33. The van der Waals surface area contributed by atoms with Crippen molar-refractivity contribution in [2.24, 2.45) is 5.10 Å². The summed E-state index contributed by atoms with van der Waals surface area (Å²) in [7, 11) is 0. The molecule has 4 rings (SSSR count). The van der Waals surface area contributed by atoms with Crippen LogP contribution in [0.3, 0.4) is 0 Å². The third-order valence-electron chi connectivity index (χ3n) is 5.07. The second-order valence-corrected chi connectivity index (χ2v) is 7.42. The van der Waals surface area contributed by atoms with Crippen LogP contribution in [0.1, 0.15) is 42.8 Å². The van der Waals surface area contributed by atoms with Crippen LogP contribution in [0.4, 0.5) is 5.69 Å². The molecule has 1 aromatic heterocycles. The average molecular weight is 408 g/mol.